The van der Waals surface area contributed by atoms with Crippen LogP contribution in [0.25, 0.3) is 11.2 Å². The summed E-state index contributed by atoms with van der Waals surface area (Å²) in [7, 11) is 1.89. The predicted octanol–water partition coefficient (Wildman–Crippen LogP) is -0.151. The van der Waals surface area contributed by atoms with Crippen molar-refractivity contribution in [3.63, 3.8) is 0 Å². The Labute approximate surface area is 196 Å². The molecule has 1 aliphatic heterocycles. The molecule has 2 aromatic heterocycles. The first-order valence-electron chi connectivity index (χ1n) is 11.1. The number of nitrogen functional groups attached to an aromatic ring is 1. The van der Waals surface area contributed by atoms with Crippen molar-refractivity contribution in [2.24, 2.45) is 0 Å². The van der Waals surface area contributed by atoms with Crippen LogP contribution in [0, 0.1) is 0 Å². The van der Waals surface area contributed by atoms with E-state index in [1.807, 2.05) is 42.3 Å². The van der Waals surface area contributed by atoms with Gasteiger partial charge in [-0.25, -0.2) is 19.7 Å². The Hall–Kier alpha value is -3.32. The van der Waals surface area contributed by atoms with Gasteiger partial charge in [-0.3, -0.25) is 4.57 Å². The van der Waals surface area contributed by atoms with Gasteiger partial charge in [0.05, 0.1) is 6.33 Å². The normalized spacial score (nSPS) is 22.4. The Morgan fingerprint density at radius 3 is 2.76 bits per heavy atom. The third-order valence-corrected chi connectivity index (χ3v) is 5.79. The number of urea groups is 1. The van der Waals surface area contributed by atoms with Crippen molar-refractivity contribution in [1.82, 2.24) is 35.1 Å². The highest BCUT2D eigenvalue weighted by atomic mass is 16.6. The van der Waals surface area contributed by atoms with Gasteiger partial charge in [0.2, 0.25) is 0 Å². The number of carbonyl (C=O) groups is 1. The van der Waals surface area contributed by atoms with Gasteiger partial charge in [0.1, 0.15) is 30.2 Å². The smallest absolute Gasteiger partial charge is 0.315 e. The number of aromatic nitrogens is 4. The summed E-state index contributed by atoms with van der Waals surface area (Å²) < 4.78 is 7.52. The summed E-state index contributed by atoms with van der Waals surface area (Å²) in [6.45, 7) is 2.05. The molecule has 4 unspecified atom stereocenters. The van der Waals surface area contributed by atoms with E-state index in [2.05, 4.69) is 25.6 Å². The van der Waals surface area contributed by atoms with E-state index in [0.29, 0.717) is 43.8 Å². The fraction of sp³-hybridized carbons (Fsp3) is 0.455. The molecule has 0 radical (unpaired) electrons. The van der Waals surface area contributed by atoms with Gasteiger partial charge < -0.3 is 36.2 Å². The van der Waals surface area contributed by atoms with Crippen molar-refractivity contribution in [2.75, 3.05) is 32.4 Å². The molecular formula is C22H30N8O4. The average Bonchev–Trinajstić information content (AvgIpc) is 3.38. The van der Waals surface area contributed by atoms with E-state index in [-0.39, 0.29) is 11.8 Å². The lowest BCUT2D eigenvalue weighted by atomic mass is 10.1. The maximum absolute atomic E-state index is 11.9. The summed E-state index contributed by atoms with van der Waals surface area (Å²) in [6.07, 6.45) is -0.183. The number of hydrogen-bond acceptors (Lipinski definition) is 9. The van der Waals surface area contributed by atoms with Gasteiger partial charge in [0.25, 0.3) is 0 Å². The lowest BCUT2D eigenvalue weighted by Crippen LogP contribution is -2.40. The molecule has 182 valence electrons. The maximum Gasteiger partial charge on any atom is 0.315 e. The molecule has 12 heteroatoms. The monoisotopic (exact) mass is 470 g/mol. The van der Waals surface area contributed by atoms with Crippen LogP contribution < -0.4 is 16.4 Å². The van der Waals surface area contributed by atoms with Crippen LogP contribution in [0.1, 0.15) is 18.2 Å². The van der Waals surface area contributed by atoms with E-state index in [9.17, 15) is 15.0 Å². The van der Waals surface area contributed by atoms with Crippen LogP contribution in [0.2, 0.25) is 0 Å². The molecule has 1 saturated heterocycles. The zero-order chi connectivity index (χ0) is 24.1. The number of nitrogens with two attached hydrogens (primary N) is 1. The Bertz CT molecular complexity index is 1090. The van der Waals surface area contributed by atoms with Gasteiger partial charge in [-0.2, -0.15) is 0 Å². The fourth-order valence-electron chi connectivity index (χ4n) is 3.96. The predicted molar refractivity (Wildman–Crippen MR) is 124 cm³/mol. The largest absolute Gasteiger partial charge is 0.387 e. The maximum atomic E-state index is 11.9. The molecule has 1 aromatic carbocycles. The second kappa shape index (κ2) is 10.7. The summed E-state index contributed by atoms with van der Waals surface area (Å²) in [5.74, 6) is 0.232. The van der Waals surface area contributed by atoms with E-state index >= 15 is 0 Å². The Kier molecular flexibility index (Phi) is 7.53. The zero-order valence-corrected chi connectivity index (χ0v) is 18.9. The molecule has 3 aromatic rings. The number of ether oxygens (including phenoxy) is 1. The number of aliphatic hydroxyl groups is 2. The number of rotatable bonds is 9. The molecule has 1 fully saturated rings. The summed E-state index contributed by atoms with van der Waals surface area (Å²) in [6, 6.07) is 9.48. The van der Waals surface area contributed by atoms with E-state index in [0.717, 1.165) is 5.56 Å². The lowest BCUT2D eigenvalue weighted by molar-refractivity contribution is -0.0421. The highest BCUT2D eigenvalue weighted by molar-refractivity contribution is 5.81. The third kappa shape index (κ3) is 5.42. The van der Waals surface area contributed by atoms with Crippen LogP contribution in [0.3, 0.4) is 0 Å². The topological polar surface area (TPSA) is 164 Å². The van der Waals surface area contributed by atoms with Crippen molar-refractivity contribution in [2.45, 2.75) is 37.5 Å². The number of aliphatic hydroxyl groups excluding tert-OH is 2. The summed E-state index contributed by atoms with van der Waals surface area (Å²) in [4.78, 5) is 26.2. The van der Waals surface area contributed by atoms with Gasteiger partial charge in [0, 0.05) is 19.6 Å². The second-order valence-corrected chi connectivity index (χ2v) is 8.34. The molecule has 3 heterocycles. The van der Waals surface area contributed by atoms with Crippen LogP contribution in [0.15, 0.2) is 43.0 Å². The number of amides is 2. The van der Waals surface area contributed by atoms with Crippen LogP contribution in [0.4, 0.5) is 10.6 Å². The third-order valence-electron chi connectivity index (χ3n) is 5.79. The minimum atomic E-state index is -1.15. The molecular weight excluding hydrogens is 440 g/mol. The number of hydrogen-bond donors (Lipinski definition) is 5. The molecule has 1 aliphatic rings. The number of fused-ring (bicyclic) bond motifs is 1. The minimum Gasteiger partial charge on any atom is -0.387 e. The number of nitrogens with zero attached hydrogens (tertiary/aromatic N) is 5. The number of imidazole rings is 1. The lowest BCUT2D eigenvalue weighted by Gasteiger charge is -2.22. The van der Waals surface area contributed by atoms with Crippen molar-refractivity contribution >= 4 is 23.0 Å². The van der Waals surface area contributed by atoms with Crippen LogP contribution in [-0.2, 0) is 11.3 Å². The molecule has 4 rings (SSSR count). The summed E-state index contributed by atoms with van der Waals surface area (Å²) in [5, 5.41) is 26.8. The first kappa shape index (κ1) is 23.8. The SMILES string of the molecule is CN(CCCNC(=O)NCc1ccccc1)CC1OC(n2cnc3c(N)ncnc32)C(O)C1O. The minimum absolute atomic E-state index is 0.218. The van der Waals surface area contributed by atoms with E-state index < -0.39 is 24.5 Å². The molecule has 34 heavy (non-hydrogen) atoms. The van der Waals surface area contributed by atoms with Crippen LogP contribution in [-0.4, -0.2) is 85.7 Å². The fourth-order valence-corrected chi connectivity index (χ4v) is 3.96. The molecule has 0 aliphatic carbocycles. The number of anilines is 1. The van der Waals surface area contributed by atoms with Crippen LogP contribution in [0.5, 0.6) is 0 Å². The van der Waals surface area contributed by atoms with Gasteiger partial charge in [-0.1, -0.05) is 30.3 Å². The highest BCUT2D eigenvalue weighted by Gasteiger charge is 2.44. The molecule has 0 saturated carbocycles. The van der Waals surface area contributed by atoms with Crippen molar-refractivity contribution < 1.29 is 19.7 Å². The van der Waals surface area contributed by atoms with Gasteiger partial charge in [-0.15, -0.1) is 0 Å². The zero-order valence-electron chi connectivity index (χ0n) is 18.9. The number of carbonyl (C=O) groups excluding carboxylic acids is 1. The van der Waals surface area contributed by atoms with Crippen molar-refractivity contribution in [3.05, 3.63) is 48.5 Å². The van der Waals surface area contributed by atoms with Crippen molar-refractivity contribution in [3.8, 4) is 0 Å². The molecule has 4 atom stereocenters. The van der Waals surface area contributed by atoms with Crippen LogP contribution >= 0.6 is 0 Å². The number of nitrogens with one attached hydrogen (secondary N) is 2. The summed E-state index contributed by atoms with van der Waals surface area (Å²) >= 11 is 0. The number of likely N-dealkylation sites (N-methyl/N-ethyl adjacent to an activating group) is 1. The molecule has 6 N–H and O–H groups in total. The van der Waals surface area contributed by atoms with E-state index in [4.69, 9.17) is 10.5 Å². The quantitative estimate of drug-likeness (QED) is 0.268. The van der Waals surface area contributed by atoms with Gasteiger partial charge in [-0.05, 0) is 25.6 Å². The standard InChI is InChI=1S/C22H30N8O4/c1-29(9-5-8-24-22(33)25-10-14-6-3-2-4-7-14)11-15-17(31)18(32)21(34-15)30-13-28-16-19(23)26-12-27-20(16)30/h2-4,6-7,12-13,15,17-18,21,31-32H,5,8-11H2,1H3,(H2,23,26,27)(H2,24,25,33). The average molecular weight is 471 g/mol. The van der Waals surface area contributed by atoms with Crippen molar-refractivity contribution in [1.29, 1.82) is 0 Å². The molecule has 0 bridgehead atoms. The van der Waals surface area contributed by atoms with E-state index in [1.54, 1.807) is 4.57 Å². The highest BCUT2D eigenvalue weighted by Crippen LogP contribution is 2.32. The Morgan fingerprint density at radius 1 is 1.18 bits per heavy atom. The van der Waals surface area contributed by atoms with Gasteiger partial charge >= 0.3 is 6.03 Å². The first-order chi connectivity index (χ1) is 16.4. The number of benzene rings is 1. The second-order valence-electron chi connectivity index (χ2n) is 8.34. The summed E-state index contributed by atoms with van der Waals surface area (Å²) in [5.41, 5.74) is 7.70. The molecule has 0 spiro atoms. The van der Waals surface area contributed by atoms with E-state index in [1.165, 1.54) is 12.7 Å². The molecule has 12 nitrogen and oxygen atoms in total. The van der Waals surface area contributed by atoms with Gasteiger partial charge in [0.15, 0.2) is 17.7 Å². The Morgan fingerprint density at radius 2 is 1.97 bits per heavy atom. The first-order valence-corrected chi connectivity index (χ1v) is 11.1. The molecule has 2 amide bonds. The Balaban J connectivity index is 1.21.